The zero-order valence-corrected chi connectivity index (χ0v) is 10.5. The van der Waals surface area contributed by atoms with E-state index < -0.39 is 0 Å². The molecule has 0 saturated heterocycles. The predicted molar refractivity (Wildman–Crippen MR) is 66.5 cm³/mol. The highest BCUT2D eigenvalue weighted by Crippen LogP contribution is 2.24. The van der Waals surface area contributed by atoms with E-state index in [9.17, 15) is 4.79 Å². The summed E-state index contributed by atoms with van der Waals surface area (Å²) in [4.78, 5) is 11.9. The van der Waals surface area contributed by atoms with Crippen molar-refractivity contribution in [3.63, 3.8) is 0 Å². The van der Waals surface area contributed by atoms with E-state index in [0.29, 0.717) is 22.8 Å². The molecule has 3 heteroatoms. The number of carbonyl (C=O) groups excluding carboxylic acids is 1. The topological polar surface area (TPSA) is 26.3 Å². The smallest absolute Gasteiger partial charge is 0.166 e. The van der Waals surface area contributed by atoms with Crippen LogP contribution in [0.4, 0.5) is 0 Å². The van der Waals surface area contributed by atoms with E-state index in [1.807, 2.05) is 0 Å². The van der Waals surface area contributed by atoms with Gasteiger partial charge in [-0.3, -0.25) is 4.79 Å². The molecule has 0 radical (unpaired) electrons. The van der Waals surface area contributed by atoms with Crippen molar-refractivity contribution in [1.29, 1.82) is 0 Å². The molecule has 1 aromatic rings. The van der Waals surface area contributed by atoms with Gasteiger partial charge >= 0.3 is 0 Å². The summed E-state index contributed by atoms with van der Waals surface area (Å²) in [6.45, 7) is 2.12. The Hall–Kier alpha value is -1.02. The van der Waals surface area contributed by atoms with Crippen molar-refractivity contribution < 1.29 is 9.53 Å². The molecule has 0 aliphatic rings. The number of ether oxygens (including phenoxy) is 1. The molecule has 0 atom stereocenters. The van der Waals surface area contributed by atoms with Crippen LogP contribution in [-0.2, 0) is 0 Å². The SMILES string of the molecule is CCCCCC(=O)c1ccc(Cl)cc1OC. The van der Waals surface area contributed by atoms with Crippen LogP contribution >= 0.6 is 11.6 Å². The molecule has 0 saturated carbocycles. The zero-order chi connectivity index (χ0) is 12.0. The van der Waals surface area contributed by atoms with Gasteiger partial charge in [0.2, 0.25) is 0 Å². The first kappa shape index (κ1) is 13.0. The molecule has 0 spiro atoms. The predicted octanol–water partition coefficient (Wildman–Crippen LogP) is 4.11. The van der Waals surface area contributed by atoms with Gasteiger partial charge in [0.1, 0.15) is 5.75 Å². The third-order valence-corrected chi connectivity index (χ3v) is 2.71. The number of rotatable bonds is 6. The number of benzene rings is 1. The maximum absolute atomic E-state index is 11.9. The molecule has 0 amide bonds. The first-order valence-electron chi connectivity index (χ1n) is 5.55. The number of hydrogen-bond acceptors (Lipinski definition) is 2. The van der Waals surface area contributed by atoms with Crippen LogP contribution < -0.4 is 4.74 Å². The van der Waals surface area contributed by atoms with Gasteiger partial charge in [0.25, 0.3) is 0 Å². The highest BCUT2D eigenvalue weighted by Gasteiger charge is 2.11. The van der Waals surface area contributed by atoms with Crippen LogP contribution in [0.25, 0.3) is 0 Å². The Morgan fingerprint density at radius 1 is 1.38 bits per heavy atom. The van der Waals surface area contributed by atoms with E-state index in [1.165, 1.54) is 0 Å². The van der Waals surface area contributed by atoms with E-state index in [1.54, 1.807) is 25.3 Å². The second-order valence-corrected chi connectivity index (χ2v) is 4.16. The zero-order valence-electron chi connectivity index (χ0n) is 9.75. The molecule has 0 N–H and O–H groups in total. The van der Waals surface area contributed by atoms with E-state index in [2.05, 4.69) is 6.92 Å². The number of Topliss-reactive ketones (excluding diaryl/α,β-unsaturated/α-hetero) is 1. The number of methoxy groups -OCH3 is 1. The normalized spacial score (nSPS) is 10.2. The van der Waals surface area contributed by atoms with Gasteiger partial charge in [-0.05, 0) is 24.6 Å². The van der Waals surface area contributed by atoms with Gasteiger partial charge in [-0.1, -0.05) is 31.4 Å². The molecule has 0 aromatic heterocycles. The molecule has 1 aromatic carbocycles. The summed E-state index contributed by atoms with van der Waals surface area (Å²) in [5.74, 6) is 0.691. The van der Waals surface area contributed by atoms with Crippen molar-refractivity contribution in [2.75, 3.05) is 7.11 Å². The Balaban J connectivity index is 2.74. The van der Waals surface area contributed by atoms with Crippen LogP contribution in [0.3, 0.4) is 0 Å². The van der Waals surface area contributed by atoms with Gasteiger partial charge in [-0.2, -0.15) is 0 Å². The van der Waals surface area contributed by atoms with Gasteiger partial charge in [0, 0.05) is 11.4 Å². The van der Waals surface area contributed by atoms with Crippen molar-refractivity contribution in [1.82, 2.24) is 0 Å². The highest BCUT2D eigenvalue weighted by atomic mass is 35.5. The number of carbonyl (C=O) groups is 1. The summed E-state index contributed by atoms with van der Waals surface area (Å²) in [6, 6.07) is 5.13. The fourth-order valence-corrected chi connectivity index (χ4v) is 1.73. The van der Waals surface area contributed by atoms with Crippen LogP contribution in [0.2, 0.25) is 5.02 Å². The molecule has 0 bridgehead atoms. The van der Waals surface area contributed by atoms with Crippen LogP contribution in [-0.4, -0.2) is 12.9 Å². The molecule has 88 valence electrons. The number of hydrogen-bond donors (Lipinski definition) is 0. The Kier molecular flexibility index (Phi) is 5.33. The van der Waals surface area contributed by atoms with Gasteiger partial charge < -0.3 is 4.74 Å². The molecular formula is C13H17ClO2. The largest absolute Gasteiger partial charge is 0.496 e. The molecule has 2 nitrogen and oxygen atoms in total. The monoisotopic (exact) mass is 240 g/mol. The van der Waals surface area contributed by atoms with E-state index in [4.69, 9.17) is 16.3 Å². The lowest BCUT2D eigenvalue weighted by atomic mass is 10.0. The van der Waals surface area contributed by atoms with Gasteiger partial charge in [-0.25, -0.2) is 0 Å². The first-order chi connectivity index (χ1) is 7.69. The molecule has 0 heterocycles. The highest BCUT2D eigenvalue weighted by molar-refractivity contribution is 6.30. The number of halogens is 1. The molecular weight excluding hydrogens is 224 g/mol. The Morgan fingerprint density at radius 2 is 2.12 bits per heavy atom. The van der Waals surface area contributed by atoms with Gasteiger partial charge in [-0.15, -0.1) is 0 Å². The molecule has 16 heavy (non-hydrogen) atoms. The minimum atomic E-state index is 0.127. The quantitative estimate of drug-likeness (QED) is 0.553. The molecule has 0 aliphatic heterocycles. The van der Waals surface area contributed by atoms with E-state index in [0.717, 1.165) is 19.3 Å². The third-order valence-electron chi connectivity index (χ3n) is 2.47. The fraction of sp³-hybridized carbons (Fsp3) is 0.462. The van der Waals surface area contributed by atoms with Gasteiger partial charge in [0.15, 0.2) is 5.78 Å². The minimum Gasteiger partial charge on any atom is -0.496 e. The summed E-state index contributed by atoms with van der Waals surface area (Å²) in [5.41, 5.74) is 0.628. The standard InChI is InChI=1S/C13H17ClO2/c1-3-4-5-6-12(15)11-8-7-10(14)9-13(11)16-2/h7-9H,3-6H2,1-2H3. The van der Waals surface area contributed by atoms with Crippen molar-refractivity contribution in [2.24, 2.45) is 0 Å². The maximum Gasteiger partial charge on any atom is 0.166 e. The van der Waals surface area contributed by atoms with Crippen molar-refractivity contribution in [3.8, 4) is 5.75 Å². The first-order valence-corrected chi connectivity index (χ1v) is 5.93. The molecule has 0 unspecified atom stereocenters. The van der Waals surface area contributed by atoms with Crippen LogP contribution in [0, 0.1) is 0 Å². The van der Waals surface area contributed by atoms with E-state index in [-0.39, 0.29) is 5.78 Å². The van der Waals surface area contributed by atoms with Crippen LogP contribution in [0.15, 0.2) is 18.2 Å². The Labute approximate surface area is 102 Å². The van der Waals surface area contributed by atoms with Crippen LogP contribution in [0.1, 0.15) is 43.0 Å². The Morgan fingerprint density at radius 3 is 2.75 bits per heavy atom. The fourth-order valence-electron chi connectivity index (χ4n) is 1.57. The lowest BCUT2D eigenvalue weighted by Gasteiger charge is -2.07. The van der Waals surface area contributed by atoms with Crippen molar-refractivity contribution in [3.05, 3.63) is 28.8 Å². The summed E-state index contributed by atoms with van der Waals surface area (Å²) in [7, 11) is 1.55. The average Bonchev–Trinajstić information content (AvgIpc) is 2.29. The maximum atomic E-state index is 11.9. The van der Waals surface area contributed by atoms with E-state index >= 15 is 0 Å². The van der Waals surface area contributed by atoms with Crippen molar-refractivity contribution in [2.45, 2.75) is 32.6 Å². The lowest BCUT2D eigenvalue weighted by Crippen LogP contribution is -2.02. The molecule has 0 fully saturated rings. The number of ketones is 1. The van der Waals surface area contributed by atoms with Gasteiger partial charge in [0.05, 0.1) is 12.7 Å². The Bertz CT molecular complexity index is 361. The average molecular weight is 241 g/mol. The summed E-state index contributed by atoms with van der Waals surface area (Å²) in [6.07, 6.45) is 3.71. The van der Waals surface area contributed by atoms with Crippen molar-refractivity contribution >= 4 is 17.4 Å². The summed E-state index contributed by atoms with van der Waals surface area (Å²) < 4.78 is 5.15. The summed E-state index contributed by atoms with van der Waals surface area (Å²) >= 11 is 5.84. The minimum absolute atomic E-state index is 0.127. The van der Waals surface area contributed by atoms with Crippen LogP contribution in [0.5, 0.6) is 5.75 Å². The molecule has 0 aliphatic carbocycles. The molecule has 1 rings (SSSR count). The third kappa shape index (κ3) is 3.53. The second-order valence-electron chi connectivity index (χ2n) is 3.72. The second kappa shape index (κ2) is 6.54. The summed E-state index contributed by atoms with van der Waals surface area (Å²) in [5, 5.41) is 0.585. The number of unbranched alkanes of at least 4 members (excludes halogenated alkanes) is 2. The lowest BCUT2D eigenvalue weighted by molar-refractivity contribution is 0.0976.